The monoisotopic (exact) mass is 303 g/mol. The average molecular weight is 303 g/mol. The molecule has 0 radical (unpaired) electrons. The number of benzene rings is 1. The van der Waals surface area contributed by atoms with Gasteiger partial charge in [-0.25, -0.2) is 4.39 Å². The average Bonchev–Trinajstić information content (AvgIpc) is 2.34. The van der Waals surface area contributed by atoms with Crippen LogP contribution in [-0.4, -0.2) is 33.6 Å². The number of hydrogen-bond donors (Lipinski definition) is 2. The van der Waals surface area contributed by atoms with Gasteiger partial charge in [0.15, 0.2) is 0 Å². The second-order valence-corrected chi connectivity index (χ2v) is 5.55. The molecule has 0 aromatic heterocycles. The summed E-state index contributed by atoms with van der Waals surface area (Å²) in [6.07, 6.45) is 1.98. The van der Waals surface area contributed by atoms with Crippen LogP contribution in [0.1, 0.15) is 16.8 Å². The van der Waals surface area contributed by atoms with Gasteiger partial charge in [0, 0.05) is 35.4 Å². The first kappa shape index (κ1) is 16.0. The summed E-state index contributed by atoms with van der Waals surface area (Å²) >= 11 is 0. The minimum atomic E-state index is -0.983. The molecule has 1 amide bonds. The Hall–Kier alpha value is -2.03. The largest absolute Gasteiger partial charge is 0.392 e. The van der Waals surface area contributed by atoms with Gasteiger partial charge in [0.1, 0.15) is 17.1 Å². The van der Waals surface area contributed by atoms with Crippen molar-refractivity contribution in [2.75, 3.05) is 24.3 Å². The van der Waals surface area contributed by atoms with Gasteiger partial charge in [-0.1, -0.05) is 0 Å². The number of nitrogens with one attached hydrogen (secondary N) is 1. The maximum Gasteiger partial charge on any atom is 0.293 e. The van der Waals surface area contributed by atoms with Crippen LogP contribution in [0, 0.1) is 15.9 Å². The first-order chi connectivity index (χ1) is 9.34. The van der Waals surface area contributed by atoms with Crippen LogP contribution in [0.15, 0.2) is 12.1 Å². The van der Waals surface area contributed by atoms with Crippen LogP contribution in [0.25, 0.3) is 0 Å². The molecular weight excluding hydrogens is 289 g/mol. The number of hydrogen-bond acceptors (Lipinski definition) is 5. The second-order valence-electron chi connectivity index (χ2n) is 4.00. The van der Waals surface area contributed by atoms with Crippen LogP contribution in [0.2, 0.25) is 0 Å². The van der Waals surface area contributed by atoms with E-state index >= 15 is 0 Å². The van der Waals surface area contributed by atoms with Gasteiger partial charge >= 0.3 is 0 Å². The summed E-state index contributed by atoms with van der Waals surface area (Å²) in [4.78, 5) is 21.7. The third-order valence-corrected chi connectivity index (χ3v) is 3.35. The molecule has 0 fully saturated rings. The fourth-order valence-corrected chi connectivity index (χ4v) is 2.09. The molecule has 0 aliphatic heterocycles. The summed E-state index contributed by atoms with van der Waals surface area (Å²) in [6.45, 7) is 0.181. The summed E-state index contributed by atoms with van der Waals surface area (Å²) in [6, 6.07) is 1.73. The molecule has 110 valence electrons. The smallest absolute Gasteiger partial charge is 0.293 e. The Balaban J connectivity index is 2.84. The Morgan fingerprint density at radius 1 is 1.55 bits per heavy atom. The molecule has 0 saturated carbocycles. The Morgan fingerprint density at radius 3 is 2.75 bits per heavy atom. The van der Waals surface area contributed by atoms with Gasteiger partial charge in [-0.2, -0.15) is 0 Å². The lowest BCUT2D eigenvalue weighted by Crippen LogP contribution is -2.27. The van der Waals surface area contributed by atoms with E-state index in [9.17, 15) is 23.5 Å². The van der Waals surface area contributed by atoms with Crippen molar-refractivity contribution in [3.8, 4) is 0 Å². The number of nitrogen functional groups attached to an aromatic ring is 1. The lowest BCUT2D eigenvalue weighted by molar-refractivity contribution is -0.384. The highest BCUT2D eigenvalue weighted by atomic mass is 32.2. The summed E-state index contributed by atoms with van der Waals surface area (Å²) in [5.41, 5.74) is 3.87. The third kappa shape index (κ3) is 3.98. The molecule has 1 atom stereocenters. The highest BCUT2D eigenvalue weighted by Crippen LogP contribution is 2.27. The number of amides is 1. The van der Waals surface area contributed by atoms with Crippen molar-refractivity contribution in [2.45, 2.75) is 6.42 Å². The molecule has 9 heteroatoms. The maximum atomic E-state index is 13.6. The van der Waals surface area contributed by atoms with E-state index in [-0.39, 0.29) is 6.54 Å². The number of carbonyl (C=O) groups is 1. The van der Waals surface area contributed by atoms with Gasteiger partial charge in [-0.15, -0.1) is 0 Å². The predicted molar refractivity (Wildman–Crippen MR) is 73.4 cm³/mol. The number of carbonyl (C=O) groups excluding carboxylic acids is 1. The molecule has 1 aromatic carbocycles. The van der Waals surface area contributed by atoms with Crippen molar-refractivity contribution >= 4 is 28.1 Å². The van der Waals surface area contributed by atoms with Crippen molar-refractivity contribution in [3.63, 3.8) is 0 Å². The third-order valence-electron chi connectivity index (χ3n) is 2.49. The molecule has 3 N–H and O–H groups in total. The second kappa shape index (κ2) is 6.94. The Morgan fingerprint density at radius 2 is 2.20 bits per heavy atom. The van der Waals surface area contributed by atoms with E-state index in [1.165, 1.54) is 6.26 Å². The first-order valence-corrected chi connectivity index (χ1v) is 7.38. The van der Waals surface area contributed by atoms with E-state index in [1.807, 2.05) is 0 Å². The number of rotatable bonds is 6. The van der Waals surface area contributed by atoms with E-state index in [1.54, 1.807) is 0 Å². The van der Waals surface area contributed by atoms with Gasteiger partial charge < -0.3 is 11.1 Å². The number of nitro benzene ring substituents is 1. The van der Waals surface area contributed by atoms with Gasteiger partial charge in [-0.3, -0.25) is 19.1 Å². The predicted octanol–water partition coefficient (Wildman–Crippen LogP) is 0.814. The summed E-state index contributed by atoms with van der Waals surface area (Å²) in [5, 5.41) is 13.1. The Labute approximate surface area is 117 Å². The van der Waals surface area contributed by atoms with E-state index < -0.39 is 44.4 Å². The molecule has 0 aliphatic rings. The number of nitrogens with zero attached hydrogens (tertiary/aromatic N) is 1. The summed E-state index contributed by atoms with van der Waals surface area (Å²) in [7, 11) is -0.983. The zero-order valence-electron chi connectivity index (χ0n) is 10.7. The molecule has 0 bridgehead atoms. The Kier molecular flexibility index (Phi) is 5.56. The molecule has 0 saturated heterocycles. The highest BCUT2D eigenvalue weighted by molar-refractivity contribution is 7.84. The van der Waals surface area contributed by atoms with Gasteiger partial charge in [0.05, 0.1) is 4.92 Å². The number of anilines is 1. The van der Waals surface area contributed by atoms with Crippen molar-refractivity contribution in [1.82, 2.24) is 5.32 Å². The summed E-state index contributed by atoms with van der Waals surface area (Å²) in [5.74, 6) is -1.36. The van der Waals surface area contributed by atoms with Crippen LogP contribution < -0.4 is 11.1 Å². The standard InChI is InChI=1S/C11H14FN3O4S/c1-20(19)6-2-5-14-11(16)9-7(12)3-4-8(10(9)13)15(17)18/h3-4H,2,5-6,13H2,1H3,(H,14,16). The first-order valence-electron chi connectivity index (χ1n) is 5.65. The molecule has 0 aliphatic carbocycles. The lowest BCUT2D eigenvalue weighted by atomic mass is 10.1. The number of nitro groups is 1. The molecule has 1 unspecified atom stereocenters. The molecular formula is C11H14FN3O4S. The SMILES string of the molecule is CS(=O)CCCNC(=O)c1c(F)ccc([N+](=O)[O-])c1N. The van der Waals surface area contributed by atoms with Crippen LogP contribution in [0.4, 0.5) is 15.8 Å². The van der Waals surface area contributed by atoms with E-state index in [0.29, 0.717) is 12.2 Å². The van der Waals surface area contributed by atoms with Crippen LogP contribution >= 0.6 is 0 Å². The molecule has 0 spiro atoms. The molecule has 7 nitrogen and oxygen atoms in total. The molecule has 0 heterocycles. The topological polar surface area (TPSA) is 115 Å². The quantitative estimate of drug-likeness (QED) is 0.349. The number of halogens is 1. The minimum Gasteiger partial charge on any atom is -0.392 e. The van der Waals surface area contributed by atoms with Crippen LogP contribution in [-0.2, 0) is 10.8 Å². The number of nitrogens with two attached hydrogens (primary N) is 1. The molecule has 1 rings (SSSR count). The minimum absolute atomic E-state index is 0.181. The maximum absolute atomic E-state index is 13.6. The fourth-order valence-electron chi connectivity index (χ4n) is 1.54. The highest BCUT2D eigenvalue weighted by Gasteiger charge is 2.23. The lowest BCUT2D eigenvalue weighted by Gasteiger charge is -2.08. The van der Waals surface area contributed by atoms with Gasteiger partial charge in [0.2, 0.25) is 0 Å². The normalized spacial score (nSPS) is 11.9. The Bertz CT molecular complexity index is 565. The molecule has 20 heavy (non-hydrogen) atoms. The van der Waals surface area contributed by atoms with Crippen molar-refractivity contribution in [2.24, 2.45) is 0 Å². The van der Waals surface area contributed by atoms with Crippen LogP contribution in [0.5, 0.6) is 0 Å². The van der Waals surface area contributed by atoms with E-state index in [0.717, 1.165) is 12.1 Å². The van der Waals surface area contributed by atoms with Gasteiger partial charge in [-0.05, 0) is 12.5 Å². The van der Waals surface area contributed by atoms with Gasteiger partial charge in [0.25, 0.3) is 11.6 Å². The van der Waals surface area contributed by atoms with Crippen molar-refractivity contribution in [1.29, 1.82) is 0 Å². The fraction of sp³-hybridized carbons (Fsp3) is 0.364. The molecule has 1 aromatic rings. The van der Waals surface area contributed by atoms with E-state index in [2.05, 4.69) is 5.32 Å². The zero-order valence-corrected chi connectivity index (χ0v) is 11.5. The van der Waals surface area contributed by atoms with Crippen LogP contribution in [0.3, 0.4) is 0 Å². The van der Waals surface area contributed by atoms with Crippen molar-refractivity contribution in [3.05, 3.63) is 33.6 Å². The van der Waals surface area contributed by atoms with Crippen molar-refractivity contribution < 1.29 is 18.3 Å². The van der Waals surface area contributed by atoms with E-state index in [4.69, 9.17) is 5.73 Å². The zero-order chi connectivity index (χ0) is 15.3. The summed E-state index contributed by atoms with van der Waals surface area (Å²) < 4.78 is 24.4.